The number of halogens is 2. The Morgan fingerprint density at radius 1 is 1.41 bits per heavy atom. The number of benzene rings is 1. The van der Waals surface area contributed by atoms with Crippen LogP contribution in [0.3, 0.4) is 0 Å². The molecule has 96 valence electrons. The predicted octanol–water partition coefficient (Wildman–Crippen LogP) is 3.57. The van der Waals surface area contributed by atoms with Crippen LogP contribution in [0, 0.1) is 0 Å². The molecule has 0 fully saturated rings. The molecule has 0 amide bonds. The van der Waals surface area contributed by atoms with Gasteiger partial charge >= 0.3 is 0 Å². The van der Waals surface area contributed by atoms with Crippen LogP contribution in [0.1, 0.15) is 20.3 Å². The topological polar surface area (TPSA) is 32.3 Å². The minimum atomic E-state index is -2.44. The molecule has 0 saturated carbocycles. The fourth-order valence-electron chi connectivity index (χ4n) is 1.22. The lowest BCUT2D eigenvalue weighted by Gasteiger charge is -2.23. The standard InChI is InChI=1S/C12H17F2NOS/c1-3-12(2,16)8-15-9-6-4-5-7-10(9)17-11(13)14/h4-7,11,15-16H,3,8H2,1-2H3. The zero-order valence-corrected chi connectivity index (χ0v) is 10.7. The second-order valence-electron chi connectivity index (χ2n) is 4.08. The van der Waals surface area contributed by atoms with Gasteiger partial charge in [-0.1, -0.05) is 30.8 Å². The maximum Gasteiger partial charge on any atom is 0.288 e. The van der Waals surface area contributed by atoms with Gasteiger partial charge in [0.1, 0.15) is 0 Å². The lowest BCUT2D eigenvalue weighted by atomic mass is 10.0. The van der Waals surface area contributed by atoms with Crippen molar-refractivity contribution in [1.29, 1.82) is 0 Å². The van der Waals surface area contributed by atoms with E-state index in [1.165, 1.54) is 0 Å². The van der Waals surface area contributed by atoms with Crippen LogP contribution in [0.2, 0.25) is 0 Å². The Morgan fingerprint density at radius 2 is 2.06 bits per heavy atom. The third kappa shape index (κ3) is 4.91. The summed E-state index contributed by atoms with van der Waals surface area (Å²) in [5.41, 5.74) is -0.200. The highest BCUT2D eigenvalue weighted by Crippen LogP contribution is 2.31. The first kappa shape index (κ1) is 14.3. The molecule has 2 N–H and O–H groups in total. The molecule has 1 rings (SSSR count). The van der Waals surface area contributed by atoms with Crippen molar-refractivity contribution in [3.05, 3.63) is 24.3 Å². The molecule has 1 atom stereocenters. The quantitative estimate of drug-likeness (QED) is 0.768. The Hall–Kier alpha value is -0.810. The lowest BCUT2D eigenvalue weighted by molar-refractivity contribution is 0.0697. The minimum absolute atomic E-state index is 0.338. The van der Waals surface area contributed by atoms with Gasteiger partial charge in [-0.15, -0.1) is 0 Å². The van der Waals surface area contributed by atoms with Crippen LogP contribution >= 0.6 is 11.8 Å². The normalized spacial score (nSPS) is 14.7. The number of rotatable bonds is 6. The van der Waals surface area contributed by atoms with Gasteiger partial charge in [0.15, 0.2) is 0 Å². The summed E-state index contributed by atoms with van der Waals surface area (Å²) in [6.07, 6.45) is 0.601. The van der Waals surface area contributed by atoms with Gasteiger partial charge in [-0.05, 0) is 25.5 Å². The Kier molecular flexibility index (Phi) is 5.21. The van der Waals surface area contributed by atoms with Crippen LogP contribution in [0.4, 0.5) is 14.5 Å². The number of alkyl halides is 2. The smallest absolute Gasteiger partial charge is 0.288 e. The van der Waals surface area contributed by atoms with Crippen molar-refractivity contribution in [2.45, 2.75) is 36.5 Å². The SMILES string of the molecule is CCC(C)(O)CNc1ccccc1SC(F)F. The van der Waals surface area contributed by atoms with E-state index in [0.717, 1.165) is 0 Å². The van der Waals surface area contributed by atoms with Gasteiger partial charge in [0, 0.05) is 17.1 Å². The molecule has 17 heavy (non-hydrogen) atoms. The summed E-state index contributed by atoms with van der Waals surface area (Å²) in [5.74, 6) is -2.44. The van der Waals surface area contributed by atoms with Crippen LogP contribution < -0.4 is 5.32 Å². The molecule has 5 heteroatoms. The molecular formula is C12H17F2NOS. The highest BCUT2D eigenvalue weighted by atomic mass is 32.2. The Morgan fingerprint density at radius 3 is 2.65 bits per heavy atom. The van der Waals surface area contributed by atoms with E-state index in [-0.39, 0.29) is 0 Å². The molecule has 1 aromatic rings. The molecule has 0 aliphatic heterocycles. The van der Waals surface area contributed by atoms with Crippen molar-refractivity contribution >= 4 is 17.4 Å². The second-order valence-corrected chi connectivity index (χ2v) is 5.11. The highest BCUT2D eigenvalue weighted by molar-refractivity contribution is 7.99. The fraction of sp³-hybridized carbons (Fsp3) is 0.500. The summed E-state index contributed by atoms with van der Waals surface area (Å²) in [4.78, 5) is 0.495. The van der Waals surface area contributed by atoms with Crippen molar-refractivity contribution in [2.24, 2.45) is 0 Å². The van der Waals surface area contributed by atoms with Crippen molar-refractivity contribution < 1.29 is 13.9 Å². The first-order chi connectivity index (χ1) is 7.94. The Balaban J connectivity index is 2.70. The van der Waals surface area contributed by atoms with E-state index in [9.17, 15) is 13.9 Å². The first-order valence-electron chi connectivity index (χ1n) is 5.44. The fourth-order valence-corrected chi connectivity index (χ4v) is 1.84. The van der Waals surface area contributed by atoms with E-state index in [2.05, 4.69) is 5.32 Å². The van der Waals surface area contributed by atoms with E-state index < -0.39 is 11.4 Å². The van der Waals surface area contributed by atoms with Crippen molar-refractivity contribution in [3.8, 4) is 0 Å². The van der Waals surface area contributed by atoms with Gasteiger partial charge in [0.05, 0.1) is 5.60 Å². The molecule has 0 aliphatic carbocycles. The van der Waals surface area contributed by atoms with Gasteiger partial charge in [-0.2, -0.15) is 8.78 Å². The Bertz CT molecular complexity index is 358. The zero-order valence-electron chi connectivity index (χ0n) is 9.91. The van der Waals surface area contributed by atoms with Crippen LogP contribution in [-0.2, 0) is 0 Å². The third-order valence-corrected chi connectivity index (χ3v) is 3.31. The van der Waals surface area contributed by atoms with Gasteiger partial charge in [0.25, 0.3) is 5.76 Å². The van der Waals surface area contributed by atoms with Gasteiger partial charge in [-0.3, -0.25) is 0 Å². The molecule has 0 bridgehead atoms. The summed E-state index contributed by atoms with van der Waals surface area (Å²) >= 11 is 0.506. The lowest BCUT2D eigenvalue weighted by Crippen LogP contribution is -2.32. The molecule has 0 saturated heterocycles. The summed E-state index contributed by atoms with van der Waals surface area (Å²) in [5, 5.41) is 12.8. The van der Waals surface area contributed by atoms with Crippen LogP contribution in [-0.4, -0.2) is 23.0 Å². The monoisotopic (exact) mass is 261 g/mol. The first-order valence-corrected chi connectivity index (χ1v) is 6.32. The summed E-state index contributed by atoms with van der Waals surface area (Å²) in [6.45, 7) is 3.93. The number of para-hydroxylation sites is 1. The largest absolute Gasteiger partial charge is 0.388 e. The van der Waals surface area contributed by atoms with E-state index in [0.29, 0.717) is 35.3 Å². The van der Waals surface area contributed by atoms with E-state index in [1.807, 2.05) is 6.92 Å². The predicted molar refractivity (Wildman–Crippen MR) is 67.7 cm³/mol. The molecule has 1 unspecified atom stereocenters. The molecule has 2 nitrogen and oxygen atoms in total. The number of aliphatic hydroxyl groups is 1. The van der Waals surface area contributed by atoms with Crippen LogP contribution in [0.15, 0.2) is 29.2 Å². The average Bonchev–Trinajstić information content (AvgIpc) is 2.27. The second kappa shape index (κ2) is 6.21. The van der Waals surface area contributed by atoms with Gasteiger partial charge in [-0.25, -0.2) is 0 Å². The van der Waals surface area contributed by atoms with Crippen LogP contribution in [0.5, 0.6) is 0 Å². The van der Waals surface area contributed by atoms with Crippen LogP contribution in [0.25, 0.3) is 0 Å². The maximum absolute atomic E-state index is 12.3. The van der Waals surface area contributed by atoms with Gasteiger partial charge in [0.2, 0.25) is 0 Å². The summed E-state index contributed by atoms with van der Waals surface area (Å²) in [7, 11) is 0. The molecule has 0 radical (unpaired) electrons. The minimum Gasteiger partial charge on any atom is -0.388 e. The van der Waals surface area contributed by atoms with Gasteiger partial charge < -0.3 is 10.4 Å². The number of hydrogen-bond acceptors (Lipinski definition) is 3. The molecular weight excluding hydrogens is 244 g/mol. The summed E-state index contributed by atoms with van der Waals surface area (Å²) < 4.78 is 24.7. The maximum atomic E-state index is 12.3. The average molecular weight is 261 g/mol. The summed E-state index contributed by atoms with van der Waals surface area (Å²) in [6, 6.07) is 6.86. The molecule has 1 aromatic carbocycles. The Labute approximate surface area is 104 Å². The van der Waals surface area contributed by atoms with Crippen molar-refractivity contribution in [2.75, 3.05) is 11.9 Å². The molecule has 0 heterocycles. The number of nitrogens with one attached hydrogen (secondary N) is 1. The zero-order chi connectivity index (χ0) is 12.9. The molecule has 0 aromatic heterocycles. The van der Waals surface area contributed by atoms with Crippen molar-refractivity contribution in [3.63, 3.8) is 0 Å². The third-order valence-electron chi connectivity index (χ3n) is 2.52. The molecule has 0 aliphatic rings. The van der Waals surface area contributed by atoms with E-state index >= 15 is 0 Å². The van der Waals surface area contributed by atoms with E-state index in [1.54, 1.807) is 31.2 Å². The molecule has 0 spiro atoms. The number of anilines is 1. The number of hydrogen-bond donors (Lipinski definition) is 2. The highest BCUT2D eigenvalue weighted by Gasteiger charge is 2.18. The van der Waals surface area contributed by atoms with Crippen molar-refractivity contribution in [1.82, 2.24) is 0 Å². The number of thioether (sulfide) groups is 1. The van der Waals surface area contributed by atoms with E-state index in [4.69, 9.17) is 0 Å².